The summed E-state index contributed by atoms with van der Waals surface area (Å²) in [7, 11) is 5.64. The topological polar surface area (TPSA) is 124 Å². The Morgan fingerprint density at radius 3 is 1.53 bits per heavy atom. The van der Waals surface area contributed by atoms with E-state index in [0.717, 1.165) is 0 Å². The Hall–Kier alpha value is -4.86. The molecule has 0 radical (unpaired) electrons. The third-order valence-electron chi connectivity index (χ3n) is 5.84. The van der Waals surface area contributed by atoms with Gasteiger partial charge in [0, 0.05) is 28.3 Å². The van der Waals surface area contributed by atoms with Gasteiger partial charge in [-0.05, 0) is 42.5 Å². The Labute approximate surface area is 218 Å². The summed E-state index contributed by atoms with van der Waals surface area (Å²) in [6.07, 6.45) is 0. The fourth-order valence-electron chi connectivity index (χ4n) is 3.89. The number of benzene rings is 3. The van der Waals surface area contributed by atoms with Crippen molar-refractivity contribution in [2.75, 3.05) is 41.7 Å². The number of carbonyl (C=O) groups is 4. The molecule has 3 aromatic rings. The van der Waals surface area contributed by atoms with Gasteiger partial charge in [-0.25, -0.2) is 0 Å². The van der Waals surface area contributed by atoms with Crippen LogP contribution in [0, 0.1) is 0 Å². The maximum absolute atomic E-state index is 13.5. The Balaban J connectivity index is 1.78. The van der Waals surface area contributed by atoms with Gasteiger partial charge in [-0.1, -0.05) is 0 Å². The molecule has 10 heteroatoms. The Bertz CT molecular complexity index is 1420. The average Bonchev–Trinajstić information content (AvgIpc) is 2.97. The summed E-state index contributed by atoms with van der Waals surface area (Å²) >= 11 is 0. The van der Waals surface area contributed by atoms with E-state index in [2.05, 4.69) is 0 Å². The van der Waals surface area contributed by atoms with E-state index < -0.39 is 23.1 Å². The zero-order valence-electron chi connectivity index (χ0n) is 21.1. The second kappa shape index (κ2) is 11.0. The lowest BCUT2D eigenvalue weighted by molar-refractivity contribution is 0.0799. The number of rotatable bonds is 10. The van der Waals surface area contributed by atoms with Crippen molar-refractivity contribution < 1.29 is 47.6 Å². The van der Waals surface area contributed by atoms with Crippen molar-refractivity contribution in [2.45, 2.75) is 0 Å². The van der Waals surface area contributed by atoms with E-state index in [9.17, 15) is 19.2 Å². The van der Waals surface area contributed by atoms with Gasteiger partial charge < -0.3 is 28.4 Å². The first-order valence-electron chi connectivity index (χ1n) is 11.4. The van der Waals surface area contributed by atoms with Crippen LogP contribution in [0.25, 0.3) is 0 Å². The monoisotopic (exact) mass is 520 g/mol. The fourth-order valence-corrected chi connectivity index (χ4v) is 3.89. The van der Waals surface area contributed by atoms with E-state index >= 15 is 0 Å². The van der Waals surface area contributed by atoms with Gasteiger partial charge in [-0.2, -0.15) is 0 Å². The van der Waals surface area contributed by atoms with Crippen LogP contribution >= 0.6 is 0 Å². The van der Waals surface area contributed by atoms with Crippen LogP contribution in [0.2, 0.25) is 0 Å². The van der Waals surface area contributed by atoms with E-state index in [0.29, 0.717) is 17.2 Å². The normalized spacial score (nSPS) is 11.8. The predicted octanol–water partition coefficient (Wildman–Crippen LogP) is 3.62. The first kappa shape index (κ1) is 26.2. The summed E-state index contributed by atoms with van der Waals surface area (Å²) in [5.41, 5.74) is -0.627. The third kappa shape index (κ3) is 5.01. The average molecular weight is 520 g/mol. The largest absolute Gasteiger partial charge is 0.497 e. The van der Waals surface area contributed by atoms with Crippen molar-refractivity contribution in [1.82, 2.24) is 0 Å². The summed E-state index contributed by atoms with van der Waals surface area (Å²) in [6.45, 7) is 0.416. The molecule has 0 aliphatic carbocycles. The minimum Gasteiger partial charge on any atom is -0.497 e. The van der Waals surface area contributed by atoms with E-state index in [1.165, 1.54) is 70.9 Å². The van der Waals surface area contributed by atoms with Crippen molar-refractivity contribution in [2.24, 2.45) is 0 Å². The number of hydrogen-bond acceptors (Lipinski definition) is 10. The van der Waals surface area contributed by atoms with Gasteiger partial charge in [0.1, 0.15) is 24.7 Å². The first-order valence-corrected chi connectivity index (χ1v) is 11.4. The maximum Gasteiger partial charge on any atom is 0.234 e. The summed E-state index contributed by atoms with van der Waals surface area (Å²) in [6, 6.07) is 11.0. The number of Topliss-reactive ketones (excluding diaryl/α,β-unsaturated/α-hetero) is 4. The number of carbonyl (C=O) groups excluding carboxylic acids is 4. The molecule has 0 unspecified atom stereocenters. The van der Waals surface area contributed by atoms with Gasteiger partial charge in [0.15, 0.2) is 23.0 Å². The van der Waals surface area contributed by atoms with Crippen LogP contribution in [0.4, 0.5) is 0 Å². The van der Waals surface area contributed by atoms with E-state index in [1.807, 2.05) is 0 Å². The highest BCUT2D eigenvalue weighted by Crippen LogP contribution is 2.35. The molecule has 0 bridgehead atoms. The molecule has 0 fully saturated rings. The quantitative estimate of drug-likeness (QED) is 0.289. The van der Waals surface area contributed by atoms with Gasteiger partial charge in [0.2, 0.25) is 23.1 Å². The van der Waals surface area contributed by atoms with E-state index in [-0.39, 0.29) is 52.7 Å². The Morgan fingerprint density at radius 1 is 0.553 bits per heavy atom. The molecule has 0 N–H and O–H groups in total. The van der Waals surface area contributed by atoms with Gasteiger partial charge in [-0.3, -0.25) is 19.2 Å². The molecule has 0 spiro atoms. The molecule has 0 aromatic heterocycles. The Kier molecular flexibility index (Phi) is 7.61. The first-order chi connectivity index (χ1) is 18.3. The number of hydrogen-bond donors (Lipinski definition) is 0. The molecule has 1 aliphatic heterocycles. The molecular weight excluding hydrogens is 496 g/mol. The van der Waals surface area contributed by atoms with Gasteiger partial charge in [0.05, 0.1) is 28.4 Å². The van der Waals surface area contributed by atoms with Crippen molar-refractivity contribution in [1.29, 1.82) is 0 Å². The SMILES string of the molecule is COc1cc(OC)cc(C(=O)C(=O)c2cc3c(cc2C(=O)C(=O)c2ccc(OC)c(OC)c2)OCCO3)c1. The van der Waals surface area contributed by atoms with Crippen LogP contribution < -0.4 is 28.4 Å². The van der Waals surface area contributed by atoms with Crippen molar-refractivity contribution in [3.05, 3.63) is 70.8 Å². The molecule has 3 aromatic carbocycles. The second-order valence-corrected chi connectivity index (χ2v) is 8.03. The summed E-state index contributed by atoms with van der Waals surface area (Å²) in [5.74, 6) is -2.37. The minimum atomic E-state index is -1.03. The number of ether oxygens (including phenoxy) is 6. The van der Waals surface area contributed by atoms with Crippen LogP contribution in [0.15, 0.2) is 48.5 Å². The van der Waals surface area contributed by atoms with Crippen LogP contribution in [-0.4, -0.2) is 64.8 Å². The molecule has 0 saturated heterocycles. The van der Waals surface area contributed by atoms with E-state index in [4.69, 9.17) is 28.4 Å². The number of methoxy groups -OCH3 is 4. The summed E-state index contributed by atoms with van der Waals surface area (Å²) in [4.78, 5) is 53.4. The highest BCUT2D eigenvalue weighted by Gasteiger charge is 2.31. The molecule has 196 valence electrons. The van der Waals surface area contributed by atoms with Crippen LogP contribution in [0.5, 0.6) is 34.5 Å². The molecule has 0 saturated carbocycles. The maximum atomic E-state index is 13.5. The number of ketones is 4. The smallest absolute Gasteiger partial charge is 0.234 e. The summed E-state index contributed by atoms with van der Waals surface area (Å²) in [5, 5.41) is 0. The molecule has 1 heterocycles. The lowest BCUT2D eigenvalue weighted by Gasteiger charge is -2.20. The fraction of sp³-hybridized carbons (Fsp3) is 0.214. The van der Waals surface area contributed by atoms with Crippen molar-refractivity contribution in [3.8, 4) is 34.5 Å². The van der Waals surface area contributed by atoms with Gasteiger partial charge >= 0.3 is 0 Å². The highest BCUT2D eigenvalue weighted by molar-refractivity contribution is 6.54. The molecular formula is C28H24O10. The second-order valence-electron chi connectivity index (χ2n) is 8.03. The summed E-state index contributed by atoms with van der Waals surface area (Å²) < 4.78 is 31.9. The lowest BCUT2D eigenvalue weighted by Crippen LogP contribution is -2.24. The third-order valence-corrected chi connectivity index (χ3v) is 5.84. The predicted molar refractivity (Wildman–Crippen MR) is 134 cm³/mol. The zero-order chi connectivity index (χ0) is 27.4. The molecule has 1 aliphatic rings. The highest BCUT2D eigenvalue weighted by atomic mass is 16.6. The lowest BCUT2D eigenvalue weighted by atomic mass is 9.91. The molecule has 0 amide bonds. The van der Waals surface area contributed by atoms with Crippen molar-refractivity contribution in [3.63, 3.8) is 0 Å². The molecule has 38 heavy (non-hydrogen) atoms. The van der Waals surface area contributed by atoms with E-state index in [1.54, 1.807) is 6.07 Å². The van der Waals surface area contributed by atoms with Crippen molar-refractivity contribution >= 4 is 23.1 Å². The minimum absolute atomic E-state index is 0.00444. The standard InChI is InChI=1S/C28H24O10/c1-33-17-9-16(10-18(12-17)34-2)26(30)28(32)20-14-24-23(37-7-8-38-24)13-19(20)27(31)25(29)15-5-6-21(35-3)22(11-15)36-4/h5-6,9-14H,7-8H2,1-4H3. The van der Waals surface area contributed by atoms with Crippen LogP contribution in [0.1, 0.15) is 41.4 Å². The molecule has 4 rings (SSSR count). The van der Waals surface area contributed by atoms with Crippen LogP contribution in [-0.2, 0) is 0 Å². The van der Waals surface area contributed by atoms with Crippen LogP contribution in [0.3, 0.4) is 0 Å². The van der Waals surface area contributed by atoms with Gasteiger partial charge in [-0.15, -0.1) is 0 Å². The molecule has 10 nitrogen and oxygen atoms in total. The zero-order valence-corrected chi connectivity index (χ0v) is 21.1. The number of fused-ring (bicyclic) bond motifs is 1. The molecule has 0 atom stereocenters. The van der Waals surface area contributed by atoms with Gasteiger partial charge in [0.25, 0.3) is 0 Å². The Morgan fingerprint density at radius 2 is 1.05 bits per heavy atom.